The van der Waals surface area contributed by atoms with Crippen molar-refractivity contribution in [3.63, 3.8) is 0 Å². The summed E-state index contributed by atoms with van der Waals surface area (Å²) in [5.41, 5.74) is 2.04. The van der Waals surface area contributed by atoms with Gasteiger partial charge in [-0.3, -0.25) is 4.79 Å². The quantitative estimate of drug-likeness (QED) is 0.504. The normalized spacial score (nSPS) is 10.5. The first kappa shape index (κ1) is 23.9. The van der Waals surface area contributed by atoms with Crippen molar-refractivity contribution in [2.45, 2.75) is 20.8 Å². The van der Waals surface area contributed by atoms with Gasteiger partial charge in [0.25, 0.3) is 5.91 Å². The van der Waals surface area contributed by atoms with Gasteiger partial charge in [0.1, 0.15) is 0 Å². The van der Waals surface area contributed by atoms with Gasteiger partial charge in [-0.05, 0) is 68.5 Å². The third kappa shape index (κ3) is 7.75. The summed E-state index contributed by atoms with van der Waals surface area (Å²) in [4.78, 5) is 38.3. The number of nitrogens with one attached hydrogen (secondary N) is 3. The van der Waals surface area contributed by atoms with E-state index in [1.807, 2.05) is 0 Å². The molecule has 2 aromatic rings. The molecule has 0 bridgehead atoms. The molecule has 0 aliphatic heterocycles. The Morgan fingerprint density at radius 2 is 1.32 bits per heavy atom. The molecule has 0 fully saturated rings. The van der Waals surface area contributed by atoms with Crippen LogP contribution >= 0.6 is 0 Å². The number of benzene rings is 2. The molecule has 0 atom stereocenters. The first-order valence-electron chi connectivity index (χ1n) is 10.4. The first-order valence-corrected chi connectivity index (χ1v) is 10.4. The van der Waals surface area contributed by atoms with Crippen molar-refractivity contribution in [1.29, 1.82) is 0 Å². The maximum absolute atomic E-state index is 12.2. The minimum atomic E-state index is -0.430. The standard InChI is InChI=1S/C23H30N4O4/c1-4-27(5-2)16-15-24-21(28)17-7-11-19(12-8-17)25-23(30)26-20-13-9-18(10-14-20)22(29)31-6-3/h7-14H,4-6,15-16H2,1-3H3,(H,24,28)(H2,25,26,30). The minimum absolute atomic E-state index is 0.148. The van der Waals surface area contributed by atoms with Gasteiger partial charge in [-0.15, -0.1) is 0 Å². The Morgan fingerprint density at radius 1 is 0.806 bits per heavy atom. The van der Waals surface area contributed by atoms with Gasteiger partial charge < -0.3 is 25.6 Å². The Bertz CT molecular complexity index is 862. The van der Waals surface area contributed by atoms with Crippen molar-refractivity contribution in [3.05, 3.63) is 59.7 Å². The van der Waals surface area contributed by atoms with Gasteiger partial charge in [-0.1, -0.05) is 13.8 Å². The molecule has 166 valence electrons. The average Bonchev–Trinajstić information content (AvgIpc) is 2.77. The second kappa shape index (κ2) is 12.3. The number of carbonyl (C=O) groups excluding carboxylic acids is 3. The Morgan fingerprint density at radius 3 is 1.81 bits per heavy atom. The van der Waals surface area contributed by atoms with Gasteiger partial charge in [-0.2, -0.15) is 0 Å². The lowest BCUT2D eigenvalue weighted by atomic mass is 10.2. The van der Waals surface area contributed by atoms with Gasteiger partial charge >= 0.3 is 12.0 Å². The van der Waals surface area contributed by atoms with E-state index in [1.54, 1.807) is 55.5 Å². The van der Waals surface area contributed by atoms with Crippen molar-refractivity contribution in [2.24, 2.45) is 0 Å². The Labute approximate surface area is 183 Å². The number of rotatable bonds is 10. The highest BCUT2D eigenvalue weighted by atomic mass is 16.5. The lowest BCUT2D eigenvalue weighted by Gasteiger charge is -2.18. The van der Waals surface area contributed by atoms with Crippen LogP contribution in [0.25, 0.3) is 0 Å². The number of hydrogen-bond donors (Lipinski definition) is 3. The Kier molecular flexibility index (Phi) is 9.51. The zero-order valence-electron chi connectivity index (χ0n) is 18.2. The second-order valence-electron chi connectivity index (χ2n) is 6.74. The zero-order chi connectivity index (χ0) is 22.6. The fourth-order valence-corrected chi connectivity index (χ4v) is 2.87. The average molecular weight is 427 g/mol. The molecule has 0 aliphatic carbocycles. The molecule has 0 aromatic heterocycles. The van der Waals surface area contributed by atoms with Crippen molar-refractivity contribution in [1.82, 2.24) is 10.2 Å². The zero-order valence-corrected chi connectivity index (χ0v) is 18.2. The summed E-state index contributed by atoms with van der Waals surface area (Å²) in [5.74, 6) is -0.555. The van der Waals surface area contributed by atoms with Crippen LogP contribution in [0.3, 0.4) is 0 Å². The number of esters is 1. The number of likely N-dealkylation sites (N-methyl/N-ethyl adjacent to an activating group) is 1. The van der Waals surface area contributed by atoms with Crippen LogP contribution in [0, 0.1) is 0 Å². The Hall–Kier alpha value is -3.39. The maximum atomic E-state index is 12.2. The summed E-state index contributed by atoms with van der Waals surface area (Å²) in [7, 11) is 0. The Balaban J connectivity index is 1.83. The van der Waals surface area contributed by atoms with E-state index in [0.29, 0.717) is 35.7 Å². The highest BCUT2D eigenvalue weighted by molar-refractivity contribution is 6.01. The smallest absolute Gasteiger partial charge is 0.338 e. The first-order chi connectivity index (χ1) is 15.0. The summed E-state index contributed by atoms with van der Waals surface area (Å²) >= 11 is 0. The topological polar surface area (TPSA) is 99.8 Å². The number of ether oxygens (including phenoxy) is 1. The SMILES string of the molecule is CCOC(=O)c1ccc(NC(=O)Nc2ccc(C(=O)NCCN(CC)CC)cc2)cc1. The van der Waals surface area contributed by atoms with E-state index >= 15 is 0 Å². The molecule has 0 saturated carbocycles. The molecular weight excluding hydrogens is 396 g/mol. The molecule has 8 nitrogen and oxygen atoms in total. The second-order valence-corrected chi connectivity index (χ2v) is 6.74. The number of carbonyl (C=O) groups is 3. The molecular formula is C23H30N4O4. The predicted octanol–water partition coefficient (Wildman–Crippen LogP) is 3.58. The summed E-state index contributed by atoms with van der Waals surface area (Å²) in [6.07, 6.45) is 0. The fraction of sp³-hybridized carbons (Fsp3) is 0.348. The third-order valence-electron chi connectivity index (χ3n) is 4.67. The summed E-state index contributed by atoms with van der Waals surface area (Å²) in [6.45, 7) is 9.51. The number of amides is 3. The number of nitrogens with zero attached hydrogens (tertiary/aromatic N) is 1. The molecule has 0 heterocycles. The van der Waals surface area contributed by atoms with Crippen molar-refractivity contribution in [3.8, 4) is 0 Å². The number of anilines is 2. The van der Waals surface area contributed by atoms with Crippen molar-refractivity contribution in [2.75, 3.05) is 43.4 Å². The van der Waals surface area contributed by atoms with E-state index < -0.39 is 12.0 Å². The van der Waals surface area contributed by atoms with E-state index in [1.165, 1.54) is 0 Å². The van der Waals surface area contributed by atoms with E-state index in [0.717, 1.165) is 19.6 Å². The van der Waals surface area contributed by atoms with Crippen molar-refractivity contribution >= 4 is 29.3 Å². The van der Waals surface area contributed by atoms with Gasteiger partial charge in [0, 0.05) is 30.0 Å². The summed E-state index contributed by atoms with van der Waals surface area (Å²) in [6, 6.07) is 12.6. The van der Waals surface area contributed by atoms with Gasteiger partial charge in [-0.25, -0.2) is 9.59 Å². The molecule has 3 N–H and O–H groups in total. The minimum Gasteiger partial charge on any atom is -0.462 e. The van der Waals surface area contributed by atoms with Crippen LogP contribution in [-0.2, 0) is 4.74 Å². The molecule has 31 heavy (non-hydrogen) atoms. The molecule has 0 radical (unpaired) electrons. The van der Waals surface area contributed by atoms with Crippen LogP contribution in [0.4, 0.5) is 16.2 Å². The predicted molar refractivity (Wildman–Crippen MR) is 122 cm³/mol. The maximum Gasteiger partial charge on any atom is 0.338 e. The molecule has 0 aliphatic rings. The largest absolute Gasteiger partial charge is 0.462 e. The van der Waals surface area contributed by atoms with Gasteiger partial charge in [0.15, 0.2) is 0 Å². The molecule has 3 amide bonds. The lowest BCUT2D eigenvalue weighted by molar-refractivity contribution is 0.0526. The molecule has 2 rings (SSSR count). The summed E-state index contributed by atoms with van der Waals surface area (Å²) in [5, 5.41) is 8.29. The van der Waals surface area contributed by atoms with Crippen LogP contribution in [-0.4, -0.2) is 55.6 Å². The molecule has 0 saturated heterocycles. The van der Waals surface area contributed by atoms with E-state index in [9.17, 15) is 14.4 Å². The lowest BCUT2D eigenvalue weighted by Crippen LogP contribution is -2.34. The number of hydrogen-bond acceptors (Lipinski definition) is 5. The van der Waals surface area contributed by atoms with Crippen LogP contribution in [0.15, 0.2) is 48.5 Å². The van der Waals surface area contributed by atoms with Crippen LogP contribution in [0.5, 0.6) is 0 Å². The van der Waals surface area contributed by atoms with Crippen LogP contribution < -0.4 is 16.0 Å². The van der Waals surface area contributed by atoms with Crippen LogP contribution in [0.1, 0.15) is 41.5 Å². The van der Waals surface area contributed by atoms with Gasteiger partial charge in [0.2, 0.25) is 0 Å². The van der Waals surface area contributed by atoms with Crippen LogP contribution in [0.2, 0.25) is 0 Å². The van der Waals surface area contributed by atoms with E-state index in [-0.39, 0.29) is 5.91 Å². The van der Waals surface area contributed by atoms with E-state index in [2.05, 4.69) is 34.7 Å². The molecule has 0 unspecified atom stereocenters. The number of urea groups is 1. The van der Waals surface area contributed by atoms with Gasteiger partial charge in [0.05, 0.1) is 12.2 Å². The summed E-state index contributed by atoms with van der Waals surface area (Å²) < 4.78 is 4.93. The molecule has 2 aromatic carbocycles. The molecule has 0 spiro atoms. The molecule has 8 heteroatoms. The monoisotopic (exact) mass is 426 g/mol. The third-order valence-corrected chi connectivity index (χ3v) is 4.67. The van der Waals surface area contributed by atoms with E-state index in [4.69, 9.17) is 4.74 Å². The highest BCUT2D eigenvalue weighted by Gasteiger charge is 2.09. The fourth-order valence-electron chi connectivity index (χ4n) is 2.87. The highest BCUT2D eigenvalue weighted by Crippen LogP contribution is 2.13. The van der Waals surface area contributed by atoms with Crippen molar-refractivity contribution < 1.29 is 19.1 Å².